The normalized spacial score (nSPS) is 11.3. The minimum atomic E-state index is 0. The molecule has 0 bridgehead atoms. The van der Waals surface area contributed by atoms with E-state index in [0.29, 0.717) is 6.54 Å². The molecule has 1 rings (SSSR count). The number of ether oxygens (including phenoxy) is 2. The van der Waals surface area contributed by atoms with E-state index in [2.05, 4.69) is 41.8 Å². The maximum Gasteiger partial charge on any atom is 0.191 e. The number of methoxy groups -OCH3 is 1. The van der Waals surface area contributed by atoms with E-state index in [0.717, 1.165) is 44.4 Å². The SMILES string of the molecule is CCOCCCNC(=NCc1ccc(OC)cc1)NCCCCCCCN(C)C.I. The van der Waals surface area contributed by atoms with Crippen LogP contribution in [0.25, 0.3) is 0 Å². The van der Waals surface area contributed by atoms with Crippen molar-refractivity contribution >= 4 is 29.9 Å². The Morgan fingerprint density at radius 2 is 1.57 bits per heavy atom. The van der Waals surface area contributed by atoms with E-state index in [1.165, 1.54) is 44.2 Å². The maximum absolute atomic E-state index is 5.41. The Hall–Kier alpha value is -1.06. The summed E-state index contributed by atoms with van der Waals surface area (Å²) in [6, 6.07) is 8.07. The van der Waals surface area contributed by atoms with E-state index >= 15 is 0 Å². The third kappa shape index (κ3) is 15.7. The van der Waals surface area contributed by atoms with E-state index < -0.39 is 0 Å². The van der Waals surface area contributed by atoms with Gasteiger partial charge in [-0.1, -0.05) is 31.4 Å². The van der Waals surface area contributed by atoms with Crippen LogP contribution in [-0.4, -0.2) is 64.9 Å². The predicted octanol–water partition coefficient (Wildman–Crippen LogP) is 4.29. The second-order valence-electron chi connectivity index (χ2n) is 7.49. The third-order valence-electron chi connectivity index (χ3n) is 4.62. The molecule has 2 N–H and O–H groups in total. The first kappa shape index (κ1) is 28.9. The van der Waals surface area contributed by atoms with E-state index in [4.69, 9.17) is 14.5 Å². The van der Waals surface area contributed by atoms with Crippen LogP contribution in [0.15, 0.2) is 29.3 Å². The summed E-state index contributed by atoms with van der Waals surface area (Å²) in [7, 11) is 5.96. The van der Waals surface area contributed by atoms with Crippen molar-refractivity contribution in [2.45, 2.75) is 52.0 Å². The molecule has 174 valence electrons. The summed E-state index contributed by atoms with van der Waals surface area (Å²) in [4.78, 5) is 7.00. The van der Waals surface area contributed by atoms with E-state index in [1.54, 1.807) is 7.11 Å². The van der Waals surface area contributed by atoms with Gasteiger partial charge in [0.1, 0.15) is 5.75 Å². The molecule has 0 aliphatic heterocycles. The predicted molar refractivity (Wildman–Crippen MR) is 138 cm³/mol. The summed E-state index contributed by atoms with van der Waals surface area (Å²) in [6.07, 6.45) is 7.31. The van der Waals surface area contributed by atoms with Gasteiger partial charge in [-0.15, -0.1) is 24.0 Å². The molecule has 0 unspecified atom stereocenters. The van der Waals surface area contributed by atoms with Crippen molar-refractivity contribution in [1.29, 1.82) is 0 Å². The number of unbranched alkanes of at least 4 members (excludes halogenated alkanes) is 4. The molecule has 0 saturated heterocycles. The van der Waals surface area contributed by atoms with Gasteiger partial charge in [0.2, 0.25) is 0 Å². The Kier molecular flexibility index (Phi) is 19.2. The molecule has 0 atom stereocenters. The molecule has 7 heteroatoms. The lowest BCUT2D eigenvalue weighted by atomic mass is 10.1. The van der Waals surface area contributed by atoms with Crippen molar-refractivity contribution in [2.75, 3.05) is 54.1 Å². The summed E-state index contributed by atoms with van der Waals surface area (Å²) >= 11 is 0. The van der Waals surface area contributed by atoms with Crippen molar-refractivity contribution in [2.24, 2.45) is 4.99 Å². The zero-order valence-corrected chi connectivity index (χ0v) is 21.7. The van der Waals surface area contributed by atoms with Crippen LogP contribution < -0.4 is 15.4 Å². The monoisotopic (exact) mass is 534 g/mol. The van der Waals surface area contributed by atoms with Gasteiger partial charge < -0.3 is 25.0 Å². The molecular formula is C23H43IN4O2. The summed E-state index contributed by atoms with van der Waals surface area (Å²) in [5.41, 5.74) is 1.17. The van der Waals surface area contributed by atoms with Crippen LogP contribution in [0.2, 0.25) is 0 Å². The number of aliphatic imine (C=N–C) groups is 1. The molecule has 0 amide bonds. The Morgan fingerprint density at radius 1 is 0.933 bits per heavy atom. The van der Waals surface area contributed by atoms with Gasteiger partial charge in [0, 0.05) is 26.3 Å². The lowest BCUT2D eigenvalue weighted by Gasteiger charge is -2.13. The van der Waals surface area contributed by atoms with Crippen LogP contribution in [0.4, 0.5) is 0 Å². The Balaban J connectivity index is 0.00000841. The fourth-order valence-electron chi connectivity index (χ4n) is 2.89. The minimum absolute atomic E-state index is 0. The van der Waals surface area contributed by atoms with Gasteiger partial charge in [-0.25, -0.2) is 4.99 Å². The van der Waals surface area contributed by atoms with Gasteiger partial charge in [-0.2, -0.15) is 0 Å². The molecule has 0 aliphatic carbocycles. The molecule has 0 fully saturated rings. The number of guanidine groups is 1. The minimum Gasteiger partial charge on any atom is -0.497 e. The zero-order valence-electron chi connectivity index (χ0n) is 19.4. The summed E-state index contributed by atoms with van der Waals surface area (Å²) < 4.78 is 10.6. The summed E-state index contributed by atoms with van der Waals surface area (Å²) in [5, 5.41) is 6.90. The second-order valence-corrected chi connectivity index (χ2v) is 7.49. The number of halogens is 1. The number of hydrogen-bond acceptors (Lipinski definition) is 4. The van der Waals surface area contributed by atoms with Gasteiger partial charge >= 0.3 is 0 Å². The standard InChI is InChI=1S/C23H42N4O2.HI/c1-5-29-19-11-17-25-23(24-16-9-7-6-8-10-18-27(2)3)26-20-21-12-14-22(28-4)15-13-21;/h12-15H,5-11,16-20H2,1-4H3,(H2,24,25,26);1H. The molecule has 0 saturated carbocycles. The van der Waals surface area contributed by atoms with Gasteiger partial charge in [-0.3, -0.25) is 0 Å². The largest absolute Gasteiger partial charge is 0.497 e. The molecule has 0 aromatic heterocycles. The first-order chi connectivity index (χ1) is 14.2. The molecule has 30 heavy (non-hydrogen) atoms. The van der Waals surface area contributed by atoms with Crippen molar-refractivity contribution in [3.63, 3.8) is 0 Å². The number of nitrogens with zero attached hydrogens (tertiary/aromatic N) is 2. The fourth-order valence-corrected chi connectivity index (χ4v) is 2.89. The topological polar surface area (TPSA) is 58.1 Å². The van der Waals surface area contributed by atoms with Gasteiger partial charge in [0.15, 0.2) is 5.96 Å². The van der Waals surface area contributed by atoms with E-state index in [9.17, 15) is 0 Å². The highest BCUT2D eigenvalue weighted by molar-refractivity contribution is 14.0. The van der Waals surface area contributed by atoms with Crippen LogP contribution in [-0.2, 0) is 11.3 Å². The van der Waals surface area contributed by atoms with Crippen LogP contribution in [0.3, 0.4) is 0 Å². The second kappa shape index (κ2) is 19.9. The van der Waals surface area contributed by atoms with Crippen molar-refractivity contribution in [1.82, 2.24) is 15.5 Å². The quantitative estimate of drug-likeness (QED) is 0.144. The summed E-state index contributed by atoms with van der Waals surface area (Å²) in [6.45, 7) is 7.22. The molecular weight excluding hydrogens is 491 g/mol. The van der Waals surface area contributed by atoms with Gasteiger partial charge in [0.05, 0.1) is 13.7 Å². The first-order valence-electron chi connectivity index (χ1n) is 11.0. The lowest BCUT2D eigenvalue weighted by Crippen LogP contribution is -2.38. The fraction of sp³-hybridized carbons (Fsp3) is 0.696. The summed E-state index contributed by atoms with van der Waals surface area (Å²) in [5.74, 6) is 1.75. The molecule has 0 aliphatic rings. The number of hydrogen-bond donors (Lipinski definition) is 2. The van der Waals surface area contributed by atoms with Crippen molar-refractivity contribution in [3.8, 4) is 5.75 Å². The highest BCUT2D eigenvalue weighted by atomic mass is 127. The number of rotatable bonds is 16. The molecule has 0 radical (unpaired) electrons. The lowest BCUT2D eigenvalue weighted by molar-refractivity contribution is 0.145. The van der Waals surface area contributed by atoms with E-state index in [-0.39, 0.29) is 24.0 Å². The average molecular weight is 535 g/mol. The Morgan fingerprint density at radius 3 is 2.20 bits per heavy atom. The molecule has 0 heterocycles. The van der Waals surface area contributed by atoms with Gasteiger partial charge in [0.25, 0.3) is 0 Å². The highest BCUT2D eigenvalue weighted by Gasteiger charge is 2.00. The molecule has 6 nitrogen and oxygen atoms in total. The average Bonchev–Trinajstić information content (AvgIpc) is 2.73. The van der Waals surface area contributed by atoms with Crippen LogP contribution in [0.1, 0.15) is 51.0 Å². The number of benzene rings is 1. The maximum atomic E-state index is 5.41. The third-order valence-corrected chi connectivity index (χ3v) is 4.62. The highest BCUT2D eigenvalue weighted by Crippen LogP contribution is 2.11. The van der Waals surface area contributed by atoms with Gasteiger partial charge in [-0.05, 0) is 64.5 Å². The van der Waals surface area contributed by atoms with Crippen LogP contribution in [0.5, 0.6) is 5.75 Å². The van der Waals surface area contributed by atoms with Crippen LogP contribution in [0, 0.1) is 0 Å². The first-order valence-corrected chi connectivity index (χ1v) is 11.0. The van der Waals surface area contributed by atoms with Crippen molar-refractivity contribution < 1.29 is 9.47 Å². The smallest absolute Gasteiger partial charge is 0.191 e. The zero-order chi connectivity index (χ0) is 21.2. The Labute approximate surface area is 201 Å². The molecule has 0 spiro atoms. The molecule has 1 aromatic rings. The van der Waals surface area contributed by atoms with E-state index in [1.807, 2.05) is 19.1 Å². The Bertz CT molecular complexity index is 539. The van der Waals surface area contributed by atoms with Crippen molar-refractivity contribution in [3.05, 3.63) is 29.8 Å². The number of nitrogens with one attached hydrogen (secondary N) is 2. The molecule has 1 aromatic carbocycles. The van der Waals surface area contributed by atoms with Crippen LogP contribution >= 0.6 is 24.0 Å².